The third-order valence-corrected chi connectivity index (χ3v) is 5.61. The molecule has 6 N–H and O–H groups in total. The number of anilines is 2. The first kappa shape index (κ1) is 24.8. The Bertz CT molecular complexity index is 1290. The molecule has 0 unspecified atom stereocenters. The molecule has 0 bridgehead atoms. The van der Waals surface area contributed by atoms with Crippen LogP contribution in [0.25, 0.3) is 11.3 Å². The van der Waals surface area contributed by atoms with Crippen LogP contribution in [0.15, 0.2) is 53.7 Å². The molecule has 2 aromatic heterocycles. The van der Waals surface area contributed by atoms with Gasteiger partial charge in [0.15, 0.2) is 11.5 Å². The second-order valence-electron chi connectivity index (χ2n) is 6.55. The lowest BCUT2D eigenvalue weighted by Gasteiger charge is -2.15. The third-order valence-electron chi connectivity index (χ3n) is 4.11. The number of benzene rings is 1. The number of nitrogens with two attached hydrogens (primary N) is 2. The first-order chi connectivity index (χ1) is 16.0. The Kier molecular flexibility index (Phi) is 7.29. The molecule has 2 heterocycles. The van der Waals surface area contributed by atoms with Crippen molar-refractivity contribution in [2.45, 2.75) is 11.3 Å². The molecule has 15 heteroatoms. The van der Waals surface area contributed by atoms with Crippen molar-refractivity contribution in [3.05, 3.63) is 54.5 Å². The minimum Gasteiger partial charge on any atom is -0.404 e. The summed E-state index contributed by atoms with van der Waals surface area (Å²) in [7, 11) is -4.37. The first-order valence-corrected chi connectivity index (χ1v) is 10.9. The summed E-state index contributed by atoms with van der Waals surface area (Å²) in [6.45, 7) is -0.273. The summed E-state index contributed by atoms with van der Waals surface area (Å²) in [5.74, 6) is -1.80. The average Bonchev–Trinajstić information content (AvgIpc) is 2.77. The predicted octanol–water partition coefficient (Wildman–Crippen LogP) is 1.51. The van der Waals surface area contributed by atoms with E-state index in [1.54, 1.807) is 12.1 Å². The largest absolute Gasteiger partial charge is 0.573 e. The number of ether oxygens (including phenoxy) is 1. The van der Waals surface area contributed by atoms with Crippen LogP contribution in [0.1, 0.15) is 10.5 Å². The molecule has 0 spiro atoms. The highest BCUT2D eigenvalue weighted by molar-refractivity contribution is 7.89. The summed E-state index contributed by atoms with van der Waals surface area (Å²) in [6.07, 6.45) is -2.63. The summed E-state index contributed by atoms with van der Waals surface area (Å²) >= 11 is 0. The van der Waals surface area contributed by atoms with Crippen molar-refractivity contribution in [2.24, 2.45) is 5.73 Å². The van der Waals surface area contributed by atoms with E-state index in [9.17, 15) is 26.4 Å². The molecule has 0 aliphatic carbocycles. The van der Waals surface area contributed by atoms with Crippen LogP contribution in [-0.2, 0) is 10.0 Å². The number of nitrogen functional groups attached to an aromatic ring is 1. The Morgan fingerprint density at radius 3 is 2.56 bits per heavy atom. The number of amides is 1. The topological polar surface area (TPSA) is 175 Å². The van der Waals surface area contributed by atoms with Gasteiger partial charge in [-0.25, -0.2) is 28.1 Å². The molecule has 0 saturated heterocycles. The number of sulfonamides is 1. The minimum absolute atomic E-state index is 0.0172. The Morgan fingerprint density at radius 1 is 1.15 bits per heavy atom. The second kappa shape index (κ2) is 9.98. The maximum Gasteiger partial charge on any atom is 0.573 e. The lowest BCUT2D eigenvalue weighted by Crippen LogP contribution is -2.30. The fourth-order valence-electron chi connectivity index (χ4n) is 2.68. The van der Waals surface area contributed by atoms with Crippen molar-refractivity contribution in [3.63, 3.8) is 0 Å². The Hall–Kier alpha value is -3.82. The minimum atomic E-state index is -5.18. The molecule has 0 saturated carbocycles. The number of carbonyl (C=O) groups is 1. The van der Waals surface area contributed by atoms with Gasteiger partial charge < -0.3 is 21.5 Å². The van der Waals surface area contributed by atoms with Gasteiger partial charge >= 0.3 is 6.36 Å². The van der Waals surface area contributed by atoms with Crippen LogP contribution in [0.3, 0.4) is 0 Å². The molecule has 0 aliphatic heterocycles. The van der Waals surface area contributed by atoms with Crippen LogP contribution < -0.4 is 26.2 Å². The van der Waals surface area contributed by atoms with Gasteiger partial charge in [-0.2, -0.15) is 0 Å². The fraction of sp³-hybridized carbons (Fsp3) is 0.158. The molecule has 1 aromatic carbocycles. The number of aromatic nitrogens is 3. The third kappa shape index (κ3) is 6.15. The monoisotopic (exact) mass is 497 g/mol. The zero-order chi connectivity index (χ0) is 24.9. The molecule has 3 aromatic rings. The van der Waals surface area contributed by atoms with E-state index in [1.807, 2.05) is 0 Å². The molecule has 0 aliphatic rings. The van der Waals surface area contributed by atoms with E-state index in [2.05, 4.69) is 29.7 Å². The van der Waals surface area contributed by atoms with Gasteiger partial charge in [0.25, 0.3) is 5.91 Å². The van der Waals surface area contributed by atoms with Gasteiger partial charge in [0.2, 0.25) is 10.0 Å². The van der Waals surface area contributed by atoms with E-state index in [0.29, 0.717) is 0 Å². The second-order valence-corrected chi connectivity index (χ2v) is 8.29. The van der Waals surface area contributed by atoms with Gasteiger partial charge in [-0.15, -0.1) is 13.2 Å². The molecule has 0 radical (unpaired) electrons. The van der Waals surface area contributed by atoms with E-state index in [4.69, 9.17) is 11.5 Å². The molecule has 11 nitrogen and oxygen atoms in total. The predicted molar refractivity (Wildman–Crippen MR) is 115 cm³/mol. The molecule has 1 amide bonds. The summed E-state index contributed by atoms with van der Waals surface area (Å²) in [5, 5.41) is 2.46. The van der Waals surface area contributed by atoms with Crippen molar-refractivity contribution in [3.8, 4) is 17.0 Å². The van der Waals surface area contributed by atoms with Crippen molar-refractivity contribution in [1.29, 1.82) is 0 Å². The van der Waals surface area contributed by atoms with Gasteiger partial charge in [0.1, 0.15) is 16.5 Å². The standard InChI is InChI=1S/C19H18F3N7O4S/c20-19(21,22)33-13-9-11(4-5-14(13)34(31,32)27-8-6-23)12-10-26-17(24)16(28-12)18(30)29-15-3-1-2-7-25-15/h1-5,7,9-10,27H,6,8,23H2,(H2,24,26)(H,25,29,30). The SMILES string of the molecule is NCCNS(=O)(=O)c1ccc(-c2cnc(N)c(C(=O)Nc3ccccn3)n2)cc1OC(F)(F)F. The van der Waals surface area contributed by atoms with Crippen LogP contribution in [0.2, 0.25) is 0 Å². The number of pyridine rings is 1. The molecule has 0 fully saturated rings. The van der Waals surface area contributed by atoms with Crippen LogP contribution >= 0.6 is 0 Å². The molecule has 34 heavy (non-hydrogen) atoms. The van der Waals surface area contributed by atoms with Crippen molar-refractivity contribution in [2.75, 3.05) is 24.1 Å². The highest BCUT2D eigenvalue weighted by atomic mass is 32.2. The van der Waals surface area contributed by atoms with Crippen LogP contribution in [0.4, 0.5) is 24.8 Å². The smallest absolute Gasteiger partial charge is 0.404 e. The molecule has 180 valence electrons. The van der Waals surface area contributed by atoms with Gasteiger partial charge in [0.05, 0.1) is 11.9 Å². The molecular formula is C19H18F3N7O4S. The number of alkyl halides is 3. The zero-order valence-corrected chi connectivity index (χ0v) is 18.0. The summed E-state index contributed by atoms with van der Waals surface area (Å²) in [5.41, 5.74) is 10.6. The lowest BCUT2D eigenvalue weighted by atomic mass is 10.1. The molecular weight excluding hydrogens is 479 g/mol. The number of nitrogens with zero attached hydrogens (tertiary/aromatic N) is 3. The van der Waals surface area contributed by atoms with E-state index in [1.165, 1.54) is 18.3 Å². The summed E-state index contributed by atoms with van der Waals surface area (Å²) in [4.78, 5) is 23.7. The maximum atomic E-state index is 13.0. The van der Waals surface area contributed by atoms with Crippen LogP contribution in [0.5, 0.6) is 5.75 Å². The number of hydrogen-bond acceptors (Lipinski definition) is 9. The van der Waals surface area contributed by atoms with Gasteiger partial charge in [-0.05, 0) is 24.3 Å². The van der Waals surface area contributed by atoms with E-state index < -0.39 is 32.9 Å². The highest BCUT2D eigenvalue weighted by Gasteiger charge is 2.34. The van der Waals surface area contributed by atoms with Crippen molar-refractivity contribution < 1.29 is 31.1 Å². The Balaban J connectivity index is 2.01. The van der Waals surface area contributed by atoms with E-state index in [-0.39, 0.29) is 41.7 Å². The average molecular weight is 497 g/mol. The number of rotatable bonds is 8. The Morgan fingerprint density at radius 2 is 1.91 bits per heavy atom. The quantitative estimate of drug-likeness (QED) is 0.359. The van der Waals surface area contributed by atoms with Crippen LogP contribution in [-0.4, -0.2) is 48.7 Å². The zero-order valence-electron chi connectivity index (χ0n) is 17.2. The van der Waals surface area contributed by atoms with Gasteiger partial charge in [-0.1, -0.05) is 12.1 Å². The summed E-state index contributed by atoms with van der Waals surface area (Å²) in [6, 6.07) is 7.69. The highest BCUT2D eigenvalue weighted by Crippen LogP contribution is 2.33. The van der Waals surface area contributed by atoms with Crippen molar-refractivity contribution >= 4 is 27.6 Å². The van der Waals surface area contributed by atoms with Gasteiger partial charge in [-0.3, -0.25) is 4.79 Å². The number of hydrogen-bond donors (Lipinski definition) is 4. The normalized spacial score (nSPS) is 11.8. The van der Waals surface area contributed by atoms with Crippen molar-refractivity contribution in [1.82, 2.24) is 19.7 Å². The van der Waals surface area contributed by atoms with E-state index >= 15 is 0 Å². The molecule has 3 rings (SSSR count). The van der Waals surface area contributed by atoms with Gasteiger partial charge in [0, 0.05) is 24.8 Å². The first-order valence-electron chi connectivity index (χ1n) is 9.45. The Labute approximate surface area is 191 Å². The van der Waals surface area contributed by atoms with E-state index in [0.717, 1.165) is 18.3 Å². The van der Waals surface area contributed by atoms with Crippen LogP contribution in [0, 0.1) is 0 Å². The summed E-state index contributed by atoms with van der Waals surface area (Å²) < 4.78 is 69.7. The number of halogens is 3. The molecule has 0 atom stereocenters. The number of carbonyl (C=O) groups excluding carboxylic acids is 1. The lowest BCUT2D eigenvalue weighted by molar-refractivity contribution is -0.275. The number of nitrogens with one attached hydrogen (secondary N) is 2. The maximum absolute atomic E-state index is 13.0. The fourth-order valence-corrected chi connectivity index (χ4v) is 3.84.